The van der Waals surface area contributed by atoms with Gasteiger partial charge in [-0.25, -0.2) is 9.49 Å². The maximum absolute atomic E-state index is 14.3. The molecule has 0 spiro atoms. The van der Waals surface area contributed by atoms with Crippen molar-refractivity contribution in [1.82, 2.24) is 25.2 Å². The minimum Gasteiger partial charge on any atom is -0.340 e. The van der Waals surface area contributed by atoms with E-state index in [1.807, 2.05) is 18.2 Å². The fourth-order valence-electron chi connectivity index (χ4n) is 3.79. The predicted octanol–water partition coefficient (Wildman–Crippen LogP) is 4.29. The number of aryl methyl sites for hydroxylation is 1. The van der Waals surface area contributed by atoms with Crippen molar-refractivity contribution in [3.05, 3.63) is 83.8 Å². The van der Waals surface area contributed by atoms with Crippen LogP contribution in [-0.4, -0.2) is 31.1 Å². The van der Waals surface area contributed by atoms with Gasteiger partial charge in [0, 0.05) is 29.1 Å². The third kappa shape index (κ3) is 3.59. The van der Waals surface area contributed by atoms with Gasteiger partial charge >= 0.3 is 0 Å². The van der Waals surface area contributed by atoms with Crippen molar-refractivity contribution in [2.24, 2.45) is 7.05 Å². The lowest BCUT2D eigenvalue weighted by Gasteiger charge is -2.10. The first kappa shape index (κ1) is 20.1. The van der Waals surface area contributed by atoms with E-state index in [2.05, 4.69) is 32.0 Å². The Balaban J connectivity index is 1.52. The van der Waals surface area contributed by atoms with Gasteiger partial charge in [0.25, 0.3) is 5.91 Å². The topological polar surface area (TPSA) is 112 Å². The summed E-state index contributed by atoms with van der Waals surface area (Å²) in [5.41, 5.74) is 3.78. The molecule has 0 fully saturated rings. The number of nitriles is 1. The molecule has 0 radical (unpaired) electrons. The van der Waals surface area contributed by atoms with E-state index in [1.165, 1.54) is 6.07 Å². The van der Waals surface area contributed by atoms with E-state index < -0.39 is 0 Å². The van der Waals surface area contributed by atoms with Crippen LogP contribution in [0.4, 0.5) is 10.1 Å². The Morgan fingerprint density at radius 3 is 2.70 bits per heavy atom. The molecular weight excluding hydrogens is 421 g/mol. The van der Waals surface area contributed by atoms with Crippen molar-refractivity contribution < 1.29 is 9.18 Å². The normalized spacial score (nSPS) is 10.8. The van der Waals surface area contributed by atoms with E-state index in [0.717, 1.165) is 16.5 Å². The molecule has 0 saturated heterocycles. The number of anilines is 1. The lowest BCUT2D eigenvalue weighted by atomic mass is 10.0. The molecule has 2 N–H and O–H groups in total. The first-order chi connectivity index (χ1) is 16.0. The van der Waals surface area contributed by atoms with Gasteiger partial charge < -0.3 is 9.88 Å². The Hall–Kier alpha value is -4.84. The van der Waals surface area contributed by atoms with Crippen molar-refractivity contribution >= 4 is 22.5 Å². The van der Waals surface area contributed by atoms with Gasteiger partial charge in [0.15, 0.2) is 5.82 Å². The molecular formula is C24H16FN7O. The molecule has 0 aliphatic heterocycles. The number of tetrazole rings is 1. The van der Waals surface area contributed by atoms with E-state index >= 15 is 0 Å². The fraction of sp³-hybridized carbons (Fsp3) is 0.0417. The second kappa shape index (κ2) is 8.01. The highest BCUT2D eigenvalue weighted by molar-refractivity contribution is 6.08. The molecule has 1 amide bonds. The number of carbonyl (C=O) groups excluding carboxylic acids is 1. The zero-order valence-corrected chi connectivity index (χ0v) is 17.4. The fourth-order valence-corrected chi connectivity index (χ4v) is 3.79. The maximum Gasteiger partial charge on any atom is 0.272 e. The zero-order chi connectivity index (χ0) is 22.9. The summed E-state index contributed by atoms with van der Waals surface area (Å²) < 4.78 is 16.0. The van der Waals surface area contributed by atoms with Crippen LogP contribution in [-0.2, 0) is 7.05 Å². The first-order valence-corrected chi connectivity index (χ1v) is 9.99. The number of aromatic amines is 1. The molecule has 0 bridgehead atoms. The molecule has 2 heterocycles. The van der Waals surface area contributed by atoms with Crippen molar-refractivity contribution in [2.45, 2.75) is 0 Å². The molecule has 0 saturated carbocycles. The summed E-state index contributed by atoms with van der Waals surface area (Å²) in [5, 5.41) is 26.6. The van der Waals surface area contributed by atoms with Gasteiger partial charge in [0.05, 0.1) is 17.3 Å². The molecule has 0 aliphatic carbocycles. The molecule has 33 heavy (non-hydrogen) atoms. The van der Waals surface area contributed by atoms with Gasteiger partial charge in [-0.15, -0.1) is 5.10 Å². The lowest BCUT2D eigenvalue weighted by Crippen LogP contribution is -2.16. The first-order valence-electron chi connectivity index (χ1n) is 9.99. The number of nitrogens with one attached hydrogen (secondary N) is 2. The maximum atomic E-state index is 14.3. The Kier molecular flexibility index (Phi) is 4.88. The van der Waals surface area contributed by atoms with Gasteiger partial charge in [0.2, 0.25) is 0 Å². The summed E-state index contributed by atoms with van der Waals surface area (Å²) in [6.45, 7) is 0. The highest BCUT2D eigenvalue weighted by Gasteiger charge is 2.18. The van der Waals surface area contributed by atoms with Crippen LogP contribution in [0, 0.1) is 17.1 Å². The summed E-state index contributed by atoms with van der Waals surface area (Å²) in [7, 11) is 1.78. The third-order valence-corrected chi connectivity index (χ3v) is 5.46. The number of H-pyrrole nitrogens is 1. The van der Waals surface area contributed by atoms with E-state index in [4.69, 9.17) is 0 Å². The third-order valence-electron chi connectivity index (χ3n) is 5.46. The number of carbonyl (C=O) groups is 1. The van der Waals surface area contributed by atoms with Gasteiger partial charge in [-0.1, -0.05) is 30.3 Å². The van der Waals surface area contributed by atoms with Crippen LogP contribution in [0.2, 0.25) is 0 Å². The van der Waals surface area contributed by atoms with Crippen LogP contribution in [0.5, 0.6) is 0 Å². The number of hydrogen-bond donors (Lipinski definition) is 2. The largest absolute Gasteiger partial charge is 0.340 e. The second-order valence-electron chi connectivity index (χ2n) is 7.42. The summed E-state index contributed by atoms with van der Waals surface area (Å²) >= 11 is 0. The molecule has 0 aliphatic rings. The van der Waals surface area contributed by atoms with Crippen LogP contribution in [0.1, 0.15) is 16.1 Å². The molecule has 5 aromatic rings. The quantitative estimate of drug-likeness (QED) is 0.436. The number of nitrogens with zero attached hydrogens (tertiary/aromatic N) is 5. The number of fused-ring (bicyclic) bond motifs is 1. The molecule has 2 aromatic heterocycles. The standard InChI is InChI=1S/C24H16FN7O/c1-32-21-11-15(17-4-2-3-5-19(17)25)7-8-16(21)12-22(32)24(33)27-20-9-6-14(13-26)10-18(20)23-28-30-31-29-23/h2-12H,1H3,(H,27,33)(H,28,29,30,31). The molecule has 0 atom stereocenters. The number of halogens is 1. The number of amides is 1. The van der Waals surface area contributed by atoms with Crippen molar-refractivity contribution in [3.8, 4) is 28.6 Å². The van der Waals surface area contributed by atoms with Crippen molar-refractivity contribution in [3.63, 3.8) is 0 Å². The van der Waals surface area contributed by atoms with Crippen molar-refractivity contribution in [1.29, 1.82) is 5.26 Å². The summed E-state index contributed by atoms with van der Waals surface area (Å²) in [6, 6.07) is 20.8. The van der Waals surface area contributed by atoms with Crippen LogP contribution in [0.25, 0.3) is 33.4 Å². The highest BCUT2D eigenvalue weighted by Crippen LogP contribution is 2.30. The van der Waals surface area contributed by atoms with E-state index in [1.54, 1.807) is 54.1 Å². The number of hydrogen-bond acceptors (Lipinski definition) is 5. The SMILES string of the molecule is Cn1c(C(=O)Nc2ccc(C#N)cc2-c2nnn[nH]2)cc2ccc(-c3ccccc3F)cc21. The van der Waals surface area contributed by atoms with Gasteiger partial charge in [-0.05, 0) is 52.4 Å². The van der Waals surface area contributed by atoms with Gasteiger partial charge in [0.1, 0.15) is 11.5 Å². The minimum absolute atomic E-state index is 0.306. The molecule has 9 heteroatoms. The van der Waals surface area contributed by atoms with E-state index in [-0.39, 0.29) is 11.7 Å². The van der Waals surface area contributed by atoms with E-state index in [9.17, 15) is 14.4 Å². The average molecular weight is 437 g/mol. The smallest absolute Gasteiger partial charge is 0.272 e. The summed E-state index contributed by atoms with van der Waals surface area (Å²) in [5.74, 6) is -0.326. The Labute approximate surface area is 187 Å². The van der Waals surface area contributed by atoms with Crippen LogP contribution in [0.3, 0.4) is 0 Å². The highest BCUT2D eigenvalue weighted by atomic mass is 19.1. The van der Waals surface area contributed by atoms with Crippen molar-refractivity contribution in [2.75, 3.05) is 5.32 Å². The van der Waals surface area contributed by atoms with Crippen LogP contribution in [0.15, 0.2) is 66.7 Å². The summed E-state index contributed by atoms with van der Waals surface area (Å²) in [6.07, 6.45) is 0. The van der Waals surface area contributed by atoms with Crippen LogP contribution >= 0.6 is 0 Å². The Morgan fingerprint density at radius 2 is 1.94 bits per heavy atom. The zero-order valence-electron chi connectivity index (χ0n) is 17.4. The summed E-state index contributed by atoms with van der Waals surface area (Å²) in [4.78, 5) is 13.2. The van der Waals surface area contributed by atoms with E-state index in [0.29, 0.717) is 33.9 Å². The molecule has 5 rings (SSSR count). The molecule has 160 valence electrons. The van der Waals surface area contributed by atoms with Crippen LogP contribution < -0.4 is 5.32 Å². The Bertz CT molecular complexity index is 1550. The molecule has 0 unspecified atom stereocenters. The Morgan fingerprint density at radius 1 is 1.09 bits per heavy atom. The second-order valence-corrected chi connectivity index (χ2v) is 7.42. The number of rotatable bonds is 4. The number of aromatic nitrogens is 5. The monoisotopic (exact) mass is 437 g/mol. The van der Waals surface area contributed by atoms with Gasteiger partial charge in [-0.2, -0.15) is 5.26 Å². The van der Waals surface area contributed by atoms with Gasteiger partial charge in [-0.3, -0.25) is 4.79 Å². The molecule has 3 aromatic carbocycles. The molecule has 8 nitrogen and oxygen atoms in total. The predicted molar refractivity (Wildman–Crippen MR) is 121 cm³/mol. The number of benzene rings is 3. The lowest BCUT2D eigenvalue weighted by molar-refractivity contribution is 0.102. The average Bonchev–Trinajstić information content (AvgIpc) is 3.48. The minimum atomic E-state index is -0.348.